The maximum absolute atomic E-state index is 12.4. The number of carbonyl (C=O) groups excluding carboxylic acids is 2. The van der Waals surface area contributed by atoms with E-state index in [9.17, 15) is 9.59 Å². The van der Waals surface area contributed by atoms with Gasteiger partial charge in [-0.05, 0) is 24.1 Å². The molecule has 0 atom stereocenters. The van der Waals surface area contributed by atoms with E-state index in [-0.39, 0.29) is 18.4 Å². The van der Waals surface area contributed by atoms with E-state index in [0.29, 0.717) is 13.0 Å². The highest BCUT2D eigenvalue weighted by Gasteiger charge is 2.21. The van der Waals surface area contributed by atoms with Crippen molar-refractivity contribution in [3.8, 4) is 11.4 Å². The maximum atomic E-state index is 12.4. The van der Waals surface area contributed by atoms with Gasteiger partial charge in [0.25, 0.3) is 0 Å². The number of benzene rings is 2. The Balaban J connectivity index is 1.34. The molecule has 1 aromatic heterocycles. The minimum absolute atomic E-state index is 0.0750. The number of hydrogen-bond acceptors (Lipinski definition) is 3. The molecule has 28 heavy (non-hydrogen) atoms. The summed E-state index contributed by atoms with van der Waals surface area (Å²) in [6, 6.07) is 17.6. The topological polar surface area (TPSA) is 67.2 Å². The highest BCUT2D eigenvalue weighted by molar-refractivity contribution is 5.95. The Kier molecular flexibility index (Phi) is 5.19. The number of hydrogen-bond donors (Lipinski definition) is 1. The van der Waals surface area contributed by atoms with Gasteiger partial charge in [0.05, 0.1) is 0 Å². The standard InChI is InChI=1S/C22H22N4O2/c27-20(16-25-14-12-23-22(25)18-5-2-1-3-6-18)24-15-17-8-10-19(11-9-17)26-13-4-7-21(26)28/h1-3,5-6,8-12,14H,4,7,13,15-16H2,(H,24,27). The molecule has 6 nitrogen and oxygen atoms in total. The Labute approximate surface area is 163 Å². The van der Waals surface area contributed by atoms with Crippen LogP contribution < -0.4 is 10.2 Å². The summed E-state index contributed by atoms with van der Waals surface area (Å²) >= 11 is 0. The minimum Gasteiger partial charge on any atom is -0.350 e. The summed E-state index contributed by atoms with van der Waals surface area (Å²) < 4.78 is 1.84. The van der Waals surface area contributed by atoms with Crippen LogP contribution in [0.1, 0.15) is 18.4 Å². The monoisotopic (exact) mass is 374 g/mol. The number of aromatic nitrogens is 2. The van der Waals surface area contributed by atoms with Crippen LogP contribution in [0.4, 0.5) is 5.69 Å². The Hall–Kier alpha value is -3.41. The molecule has 0 saturated carbocycles. The van der Waals surface area contributed by atoms with E-state index in [4.69, 9.17) is 0 Å². The number of imidazole rings is 1. The van der Waals surface area contributed by atoms with Crippen LogP contribution in [0, 0.1) is 0 Å². The summed E-state index contributed by atoms with van der Waals surface area (Å²) in [6.45, 7) is 1.44. The lowest BCUT2D eigenvalue weighted by molar-refractivity contribution is -0.121. The van der Waals surface area contributed by atoms with E-state index in [1.165, 1.54) is 0 Å². The Bertz CT molecular complexity index is 964. The van der Waals surface area contributed by atoms with Gasteiger partial charge in [-0.2, -0.15) is 0 Å². The molecular weight excluding hydrogens is 352 g/mol. The SMILES string of the molecule is O=C(Cn1ccnc1-c1ccccc1)NCc1ccc(N2CCCC2=O)cc1. The first-order valence-electron chi connectivity index (χ1n) is 9.43. The van der Waals surface area contributed by atoms with Crippen molar-refractivity contribution >= 4 is 17.5 Å². The van der Waals surface area contributed by atoms with Crippen molar-refractivity contribution in [1.82, 2.24) is 14.9 Å². The lowest BCUT2D eigenvalue weighted by atomic mass is 10.2. The van der Waals surface area contributed by atoms with Gasteiger partial charge in [-0.3, -0.25) is 9.59 Å². The molecule has 0 spiro atoms. The zero-order chi connectivity index (χ0) is 19.3. The van der Waals surface area contributed by atoms with Crippen molar-refractivity contribution in [2.45, 2.75) is 25.9 Å². The molecule has 1 aliphatic rings. The fourth-order valence-corrected chi connectivity index (χ4v) is 3.41. The fraction of sp³-hybridized carbons (Fsp3) is 0.227. The van der Waals surface area contributed by atoms with Crippen molar-refractivity contribution < 1.29 is 9.59 Å². The molecule has 0 bridgehead atoms. The molecule has 142 valence electrons. The van der Waals surface area contributed by atoms with Gasteiger partial charge in [0.1, 0.15) is 12.4 Å². The first-order chi connectivity index (χ1) is 13.7. The van der Waals surface area contributed by atoms with Gasteiger partial charge in [-0.15, -0.1) is 0 Å². The highest BCUT2D eigenvalue weighted by atomic mass is 16.2. The van der Waals surface area contributed by atoms with Gasteiger partial charge in [-0.25, -0.2) is 4.98 Å². The third-order valence-electron chi connectivity index (χ3n) is 4.87. The van der Waals surface area contributed by atoms with Crippen LogP contribution in [0.25, 0.3) is 11.4 Å². The fourth-order valence-electron chi connectivity index (χ4n) is 3.41. The van der Waals surface area contributed by atoms with E-state index in [0.717, 1.165) is 35.6 Å². The van der Waals surface area contributed by atoms with Crippen LogP contribution >= 0.6 is 0 Å². The van der Waals surface area contributed by atoms with Crippen LogP contribution in [0.15, 0.2) is 67.0 Å². The van der Waals surface area contributed by atoms with E-state index >= 15 is 0 Å². The van der Waals surface area contributed by atoms with Gasteiger partial charge < -0.3 is 14.8 Å². The quantitative estimate of drug-likeness (QED) is 0.721. The molecule has 2 amide bonds. The zero-order valence-electron chi connectivity index (χ0n) is 15.5. The van der Waals surface area contributed by atoms with Gasteiger partial charge in [-0.1, -0.05) is 42.5 Å². The molecule has 0 aliphatic carbocycles. The normalized spacial score (nSPS) is 13.7. The molecule has 2 heterocycles. The lowest BCUT2D eigenvalue weighted by Crippen LogP contribution is -2.27. The summed E-state index contributed by atoms with van der Waals surface area (Å²) in [5.74, 6) is 0.875. The molecule has 1 fully saturated rings. The van der Waals surface area contributed by atoms with Crippen molar-refractivity contribution in [1.29, 1.82) is 0 Å². The van der Waals surface area contributed by atoms with Gasteiger partial charge in [0, 0.05) is 43.2 Å². The smallest absolute Gasteiger partial charge is 0.240 e. The average molecular weight is 374 g/mol. The first kappa shape index (κ1) is 18.0. The van der Waals surface area contributed by atoms with E-state index < -0.39 is 0 Å². The van der Waals surface area contributed by atoms with Gasteiger partial charge >= 0.3 is 0 Å². The first-order valence-corrected chi connectivity index (χ1v) is 9.43. The maximum Gasteiger partial charge on any atom is 0.240 e. The second kappa shape index (κ2) is 8.08. The van der Waals surface area contributed by atoms with E-state index in [1.807, 2.05) is 70.3 Å². The number of amides is 2. The summed E-state index contributed by atoms with van der Waals surface area (Å²) in [6.07, 6.45) is 5.05. The second-order valence-corrected chi connectivity index (χ2v) is 6.84. The molecule has 4 rings (SSSR count). The number of nitrogens with zero attached hydrogens (tertiary/aromatic N) is 3. The van der Waals surface area contributed by atoms with Crippen molar-refractivity contribution in [2.24, 2.45) is 0 Å². The van der Waals surface area contributed by atoms with Crippen LogP contribution in [-0.4, -0.2) is 27.9 Å². The van der Waals surface area contributed by atoms with Crippen molar-refractivity contribution in [3.63, 3.8) is 0 Å². The molecule has 6 heteroatoms. The third kappa shape index (κ3) is 3.96. The minimum atomic E-state index is -0.0750. The average Bonchev–Trinajstić information content (AvgIpc) is 3.36. The Morgan fingerprint density at radius 1 is 1.07 bits per heavy atom. The predicted molar refractivity (Wildman–Crippen MR) is 108 cm³/mol. The summed E-state index contributed by atoms with van der Waals surface area (Å²) in [4.78, 5) is 30.4. The van der Waals surface area contributed by atoms with Gasteiger partial charge in [0.2, 0.25) is 11.8 Å². The summed E-state index contributed by atoms with van der Waals surface area (Å²) in [5, 5.41) is 2.95. The molecule has 1 N–H and O–H groups in total. The highest BCUT2D eigenvalue weighted by Crippen LogP contribution is 2.21. The number of anilines is 1. The largest absolute Gasteiger partial charge is 0.350 e. The van der Waals surface area contributed by atoms with Crippen molar-refractivity contribution in [3.05, 3.63) is 72.6 Å². The third-order valence-corrected chi connectivity index (χ3v) is 4.87. The molecule has 0 radical (unpaired) electrons. The van der Waals surface area contributed by atoms with Crippen LogP contribution in [0.3, 0.4) is 0 Å². The molecular formula is C22H22N4O2. The van der Waals surface area contributed by atoms with Crippen molar-refractivity contribution in [2.75, 3.05) is 11.4 Å². The summed E-state index contributed by atoms with van der Waals surface area (Å²) in [5.41, 5.74) is 2.90. The van der Waals surface area contributed by atoms with Crippen LogP contribution in [0.2, 0.25) is 0 Å². The van der Waals surface area contributed by atoms with Gasteiger partial charge in [0.15, 0.2) is 0 Å². The number of carbonyl (C=O) groups is 2. The molecule has 3 aromatic rings. The zero-order valence-corrected chi connectivity index (χ0v) is 15.5. The second-order valence-electron chi connectivity index (χ2n) is 6.84. The van der Waals surface area contributed by atoms with E-state index in [2.05, 4.69) is 10.3 Å². The lowest BCUT2D eigenvalue weighted by Gasteiger charge is -2.16. The van der Waals surface area contributed by atoms with Crippen LogP contribution in [-0.2, 0) is 22.7 Å². The number of rotatable bonds is 6. The predicted octanol–water partition coefficient (Wildman–Crippen LogP) is 2.99. The molecule has 1 saturated heterocycles. The Morgan fingerprint density at radius 2 is 1.86 bits per heavy atom. The van der Waals surface area contributed by atoms with E-state index in [1.54, 1.807) is 6.20 Å². The molecule has 1 aliphatic heterocycles. The molecule has 2 aromatic carbocycles. The molecule has 0 unspecified atom stereocenters. The Morgan fingerprint density at radius 3 is 2.57 bits per heavy atom. The van der Waals surface area contributed by atoms with Crippen LogP contribution in [0.5, 0.6) is 0 Å². The summed E-state index contributed by atoms with van der Waals surface area (Å²) in [7, 11) is 0. The number of nitrogens with one attached hydrogen (secondary N) is 1.